The van der Waals surface area contributed by atoms with Gasteiger partial charge < -0.3 is 17.1 Å². The second kappa shape index (κ2) is 4.98. The second-order valence-corrected chi connectivity index (χ2v) is 2.35. The molecule has 1 aliphatic rings. The van der Waals surface area contributed by atoms with Gasteiger partial charge in [-0.3, -0.25) is 4.79 Å². The summed E-state index contributed by atoms with van der Waals surface area (Å²) in [6.07, 6.45) is 2.92. The molecule has 0 saturated carbocycles. The fourth-order valence-corrected chi connectivity index (χ4v) is 1.09. The van der Waals surface area contributed by atoms with Gasteiger partial charge in [-0.15, -0.1) is 0 Å². The van der Waals surface area contributed by atoms with Gasteiger partial charge in [0.1, 0.15) is 0 Å². The minimum atomic E-state index is -0.241. The van der Waals surface area contributed by atoms with Gasteiger partial charge in [-0.25, -0.2) is 0 Å². The summed E-state index contributed by atoms with van der Waals surface area (Å²) >= 11 is 0. The van der Waals surface area contributed by atoms with E-state index in [0.29, 0.717) is 0 Å². The number of nitrogens with zero attached hydrogens (tertiary/aromatic N) is 1. The molecule has 4 heteroatoms. The largest absolute Gasteiger partial charge is 1.00 e. The Hall–Kier alpha value is 1.24. The monoisotopic (exact) mass is 212 g/mol. The maximum Gasteiger partial charge on any atom is 1.00 e. The van der Waals surface area contributed by atoms with E-state index in [-0.39, 0.29) is 70.1 Å². The number of amides is 1. The zero-order valence-electron chi connectivity index (χ0n) is 6.50. The van der Waals surface area contributed by atoms with Crippen LogP contribution in [-0.4, -0.2) is 30.4 Å². The van der Waals surface area contributed by atoms with Crippen LogP contribution in [0.4, 0.5) is 0 Å². The van der Waals surface area contributed by atoms with Gasteiger partial charge in [-0.1, -0.05) is 0 Å². The standard InChI is InChI=1S/C6H11N2O.Rb/c1-8-4-2-3-5(8)6(7)9;/h3,5H,2,4H2,1H3,(H2,7,9);/q-1;+1. The average Bonchev–Trinajstić information content (AvgIpc) is 2.13. The van der Waals surface area contributed by atoms with E-state index in [2.05, 4.69) is 0 Å². The molecule has 0 radical (unpaired) electrons. The van der Waals surface area contributed by atoms with Crippen molar-refractivity contribution in [1.29, 1.82) is 0 Å². The number of likely N-dealkylation sites (tertiary alicyclic amines) is 1. The molecule has 1 heterocycles. The molecule has 2 N–H and O–H groups in total. The van der Waals surface area contributed by atoms with E-state index in [9.17, 15) is 4.79 Å². The van der Waals surface area contributed by atoms with Crippen LogP contribution in [0.1, 0.15) is 6.42 Å². The molecule has 1 saturated heterocycles. The van der Waals surface area contributed by atoms with Gasteiger partial charge in [0.2, 0.25) is 5.91 Å². The predicted octanol–water partition coefficient (Wildman–Crippen LogP) is -3.62. The number of carbonyl (C=O) groups excluding carboxylic acids is 1. The Balaban J connectivity index is 0.000000810. The molecular weight excluding hydrogens is 202 g/mol. The molecular formula is C6H11N2ORb. The van der Waals surface area contributed by atoms with Gasteiger partial charge in [-0.2, -0.15) is 6.42 Å². The first-order chi connectivity index (χ1) is 4.22. The summed E-state index contributed by atoms with van der Waals surface area (Å²) in [6.45, 7) is 0.952. The SMILES string of the molecule is CN1CC[CH-]C1C(N)=O.[Rb+]. The van der Waals surface area contributed by atoms with Crippen molar-refractivity contribution >= 4 is 5.91 Å². The van der Waals surface area contributed by atoms with Gasteiger partial charge in [-0.05, 0) is 19.6 Å². The van der Waals surface area contributed by atoms with E-state index in [1.54, 1.807) is 0 Å². The molecule has 1 amide bonds. The Kier molecular flexibility index (Phi) is 5.60. The number of hydrogen-bond acceptors (Lipinski definition) is 2. The van der Waals surface area contributed by atoms with Crippen LogP contribution in [0.2, 0.25) is 0 Å². The first-order valence-electron chi connectivity index (χ1n) is 3.04. The van der Waals surface area contributed by atoms with Crippen LogP contribution in [0.3, 0.4) is 0 Å². The molecule has 1 unspecified atom stereocenters. The van der Waals surface area contributed by atoms with E-state index in [4.69, 9.17) is 5.73 Å². The molecule has 1 aliphatic heterocycles. The Morgan fingerprint density at radius 2 is 2.40 bits per heavy atom. The van der Waals surface area contributed by atoms with Gasteiger partial charge in [0, 0.05) is 0 Å². The molecule has 0 aromatic rings. The maximum absolute atomic E-state index is 10.6. The first kappa shape index (κ1) is 11.2. The number of nitrogens with two attached hydrogens (primary N) is 1. The van der Waals surface area contributed by atoms with Crippen molar-refractivity contribution in [2.45, 2.75) is 12.5 Å². The van der Waals surface area contributed by atoms with E-state index >= 15 is 0 Å². The second-order valence-electron chi connectivity index (χ2n) is 2.35. The van der Waals surface area contributed by atoms with Gasteiger partial charge >= 0.3 is 58.2 Å². The Labute approximate surface area is 110 Å². The zero-order valence-corrected chi connectivity index (χ0v) is 11.4. The summed E-state index contributed by atoms with van der Waals surface area (Å²) in [4.78, 5) is 12.5. The molecule has 0 bridgehead atoms. The number of hydrogen-bond donors (Lipinski definition) is 1. The topological polar surface area (TPSA) is 46.3 Å². The maximum atomic E-state index is 10.6. The molecule has 0 aliphatic carbocycles. The third kappa shape index (κ3) is 2.70. The summed E-state index contributed by atoms with van der Waals surface area (Å²) in [6, 6.07) is -0.120. The van der Waals surface area contributed by atoms with Gasteiger partial charge in [0.15, 0.2) is 0 Å². The van der Waals surface area contributed by atoms with Crippen LogP contribution in [0.15, 0.2) is 0 Å². The summed E-state index contributed by atoms with van der Waals surface area (Å²) in [7, 11) is 1.90. The minimum Gasteiger partial charge on any atom is -0.371 e. The normalized spacial score (nSPS) is 25.9. The number of primary amides is 1. The van der Waals surface area contributed by atoms with E-state index < -0.39 is 0 Å². The molecule has 1 fully saturated rings. The molecule has 0 aromatic heterocycles. The quantitative estimate of drug-likeness (QED) is 0.457. The Morgan fingerprint density at radius 1 is 1.80 bits per heavy atom. The van der Waals surface area contributed by atoms with Crippen molar-refractivity contribution in [2.24, 2.45) is 5.73 Å². The van der Waals surface area contributed by atoms with E-state index in [1.807, 2.05) is 18.4 Å². The van der Waals surface area contributed by atoms with E-state index in [1.165, 1.54) is 0 Å². The summed E-state index contributed by atoms with van der Waals surface area (Å²) in [5, 5.41) is 0. The van der Waals surface area contributed by atoms with Crippen LogP contribution in [-0.2, 0) is 4.79 Å². The summed E-state index contributed by atoms with van der Waals surface area (Å²) in [5.41, 5.74) is 5.08. The van der Waals surface area contributed by atoms with Crippen molar-refractivity contribution in [3.63, 3.8) is 0 Å². The molecule has 3 nitrogen and oxygen atoms in total. The number of likely N-dealkylation sites (N-methyl/N-ethyl adjacent to an activating group) is 1. The third-order valence-electron chi connectivity index (χ3n) is 1.64. The van der Waals surface area contributed by atoms with Crippen LogP contribution < -0.4 is 63.9 Å². The smallest absolute Gasteiger partial charge is 0.371 e. The zero-order chi connectivity index (χ0) is 6.85. The van der Waals surface area contributed by atoms with Crippen molar-refractivity contribution in [3.05, 3.63) is 6.42 Å². The van der Waals surface area contributed by atoms with Crippen molar-refractivity contribution < 1.29 is 63.0 Å². The molecule has 52 valence electrons. The van der Waals surface area contributed by atoms with Crippen LogP contribution >= 0.6 is 0 Å². The summed E-state index contributed by atoms with van der Waals surface area (Å²) < 4.78 is 0. The van der Waals surface area contributed by atoms with Crippen LogP contribution in [0.5, 0.6) is 0 Å². The summed E-state index contributed by atoms with van der Waals surface area (Å²) in [5.74, 6) is -0.241. The molecule has 1 atom stereocenters. The third-order valence-corrected chi connectivity index (χ3v) is 1.64. The van der Waals surface area contributed by atoms with E-state index in [0.717, 1.165) is 13.0 Å². The van der Waals surface area contributed by atoms with Crippen LogP contribution in [0.25, 0.3) is 0 Å². The molecule has 0 aromatic carbocycles. The van der Waals surface area contributed by atoms with Crippen molar-refractivity contribution in [3.8, 4) is 0 Å². The average molecular weight is 213 g/mol. The first-order valence-corrected chi connectivity index (χ1v) is 3.04. The van der Waals surface area contributed by atoms with Crippen LogP contribution in [0, 0.1) is 6.42 Å². The Bertz CT molecular complexity index is 129. The predicted molar refractivity (Wildman–Crippen MR) is 34.5 cm³/mol. The molecule has 10 heavy (non-hydrogen) atoms. The van der Waals surface area contributed by atoms with Crippen molar-refractivity contribution in [2.75, 3.05) is 13.6 Å². The number of rotatable bonds is 1. The van der Waals surface area contributed by atoms with Gasteiger partial charge in [0.25, 0.3) is 0 Å². The van der Waals surface area contributed by atoms with Crippen molar-refractivity contribution in [1.82, 2.24) is 4.90 Å². The molecule has 0 spiro atoms. The molecule has 1 rings (SSSR count). The minimum absolute atomic E-state index is 0. The Morgan fingerprint density at radius 3 is 2.60 bits per heavy atom. The van der Waals surface area contributed by atoms with Gasteiger partial charge in [0.05, 0.1) is 0 Å². The fraction of sp³-hybridized carbons (Fsp3) is 0.667. The number of carbonyl (C=O) groups is 1. The fourth-order valence-electron chi connectivity index (χ4n) is 1.09.